The van der Waals surface area contributed by atoms with Crippen LogP contribution in [0.15, 0.2) is 79.0 Å². The lowest BCUT2D eigenvalue weighted by molar-refractivity contribution is -0.138. The maximum atomic E-state index is 12.9. The number of nitrogens with zero attached hydrogens (tertiary/aromatic N) is 4. The van der Waals surface area contributed by atoms with E-state index in [2.05, 4.69) is 14.9 Å². The fourth-order valence-corrected chi connectivity index (χ4v) is 4.28. The first-order valence-electron chi connectivity index (χ1n) is 11.3. The maximum Gasteiger partial charge on any atom is 0.263 e. The van der Waals surface area contributed by atoms with Crippen LogP contribution in [0.4, 0.5) is 5.69 Å². The SMILES string of the molecule is C[C@H](Oc1ccc(-c2cnc3ccccc3n2)cc1)C(=O)N1CCN(c2ccc(Cl)cc2)CC1. The predicted octanol–water partition coefficient (Wildman–Crippen LogP) is 5.07. The van der Waals surface area contributed by atoms with Crippen LogP contribution in [0.5, 0.6) is 5.75 Å². The Bertz CT molecular complexity index is 1290. The molecule has 1 atom stereocenters. The molecule has 6 nitrogen and oxygen atoms in total. The summed E-state index contributed by atoms with van der Waals surface area (Å²) in [6.07, 6.45) is 1.21. The van der Waals surface area contributed by atoms with Crippen LogP contribution < -0.4 is 9.64 Å². The van der Waals surface area contributed by atoms with Crippen LogP contribution >= 0.6 is 11.6 Å². The lowest BCUT2D eigenvalue weighted by atomic mass is 10.1. The Kier molecular flexibility index (Phi) is 6.32. The number of amides is 1. The summed E-state index contributed by atoms with van der Waals surface area (Å²) >= 11 is 5.99. The molecule has 34 heavy (non-hydrogen) atoms. The molecule has 1 aromatic heterocycles. The number of ether oxygens (including phenoxy) is 1. The van der Waals surface area contributed by atoms with Crippen molar-refractivity contribution in [1.29, 1.82) is 0 Å². The monoisotopic (exact) mass is 472 g/mol. The molecule has 0 saturated carbocycles. The van der Waals surface area contributed by atoms with Gasteiger partial charge in [0, 0.05) is 42.5 Å². The van der Waals surface area contributed by atoms with Crippen molar-refractivity contribution in [2.24, 2.45) is 0 Å². The van der Waals surface area contributed by atoms with Crippen molar-refractivity contribution in [3.8, 4) is 17.0 Å². The topological polar surface area (TPSA) is 58.6 Å². The molecule has 4 aromatic rings. The van der Waals surface area contributed by atoms with Crippen LogP contribution in [0.1, 0.15) is 6.92 Å². The zero-order valence-corrected chi connectivity index (χ0v) is 19.7. The molecule has 3 aromatic carbocycles. The quantitative estimate of drug-likeness (QED) is 0.406. The third-order valence-electron chi connectivity index (χ3n) is 6.04. The van der Waals surface area contributed by atoms with Gasteiger partial charge in [0.05, 0.1) is 22.9 Å². The van der Waals surface area contributed by atoms with Gasteiger partial charge >= 0.3 is 0 Å². The Labute approximate surface area is 203 Å². The third-order valence-corrected chi connectivity index (χ3v) is 6.29. The summed E-state index contributed by atoms with van der Waals surface area (Å²) in [4.78, 5) is 26.2. The van der Waals surface area contributed by atoms with E-state index < -0.39 is 6.10 Å². The van der Waals surface area contributed by atoms with Gasteiger partial charge in [0.25, 0.3) is 5.91 Å². The van der Waals surface area contributed by atoms with Gasteiger partial charge in [-0.2, -0.15) is 0 Å². The molecule has 1 amide bonds. The number of aromatic nitrogens is 2. The molecule has 0 radical (unpaired) electrons. The van der Waals surface area contributed by atoms with E-state index in [4.69, 9.17) is 16.3 Å². The molecule has 1 aliphatic heterocycles. The van der Waals surface area contributed by atoms with Crippen LogP contribution in [0, 0.1) is 0 Å². The number of fused-ring (bicyclic) bond motifs is 1. The minimum atomic E-state index is -0.562. The van der Waals surface area contributed by atoms with Crippen LogP contribution in [-0.4, -0.2) is 53.1 Å². The fraction of sp³-hybridized carbons (Fsp3) is 0.222. The van der Waals surface area contributed by atoms with E-state index in [1.807, 2.05) is 77.7 Å². The van der Waals surface area contributed by atoms with Gasteiger partial charge in [0.15, 0.2) is 6.10 Å². The Morgan fingerprint density at radius 1 is 0.912 bits per heavy atom. The van der Waals surface area contributed by atoms with E-state index in [9.17, 15) is 4.79 Å². The van der Waals surface area contributed by atoms with Gasteiger partial charge in [-0.3, -0.25) is 9.78 Å². The van der Waals surface area contributed by atoms with Crippen molar-refractivity contribution in [2.45, 2.75) is 13.0 Å². The molecular weight excluding hydrogens is 448 g/mol. The second kappa shape index (κ2) is 9.69. The number of carbonyl (C=O) groups excluding carboxylic acids is 1. The van der Waals surface area contributed by atoms with Crippen LogP contribution in [0.3, 0.4) is 0 Å². The number of benzene rings is 3. The van der Waals surface area contributed by atoms with Gasteiger partial charge in [-0.05, 0) is 67.6 Å². The molecule has 0 bridgehead atoms. The first kappa shape index (κ1) is 22.2. The standard InChI is InChI=1S/C27H25ClN4O2/c1-19(27(33)32-16-14-31(15-17-32)22-10-8-21(28)9-11-22)34-23-12-6-20(7-13-23)26-18-29-24-4-2-3-5-25(24)30-26/h2-13,18-19H,14-17H2,1H3/t19-/m0/s1. The Hall–Kier alpha value is -3.64. The van der Waals surface area contributed by atoms with Crippen LogP contribution in [0.25, 0.3) is 22.3 Å². The normalized spacial score (nSPS) is 14.8. The highest BCUT2D eigenvalue weighted by atomic mass is 35.5. The molecule has 7 heteroatoms. The first-order valence-corrected chi connectivity index (χ1v) is 11.7. The number of carbonyl (C=O) groups is 1. The molecule has 1 saturated heterocycles. The number of para-hydroxylation sites is 2. The van der Waals surface area contributed by atoms with Crippen molar-refractivity contribution < 1.29 is 9.53 Å². The number of rotatable bonds is 5. The number of piperazine rings is 1. The van der Waals surface area contributed by atoms with Crippen molar-refractivity contribution in [3.63, 3.8) is 0 Å². The van der Waals surface area contributed by atoms with E-state index in [0.717, 1.165) is 46.1 Å². The van der Waals surface area contributed by atoms with Gasteiger partial charge in [-0.25, -0.2) is 4.98 Å². The summed E-state index contributed by atoms with van der Waals surface area (Å²) < 4.78 is 5.96. The van der Waals surface area contributed by atoms with Crippen molar-refractivity contribution >= 4 is 34.2 Å². The van der Waals surface area contributed by atoms with Gasteiger partial charge in [0.1, 0.15) is 5.75 Å². The van der Waals surface area contributed by atoms with Crippen molar-refractivity contribution in [2.75, 3.05) is 31.1 Å². The summed E-state index contributed by atoms with van der Waals surface area (Å²) in [6.45, 7) is 4.68. The maximum absolute atomic E-state index is 12.9. The lowest BCUT2D eigenvalue weighted by Gasteiger charge is -2.37. The number of hydrogen-bond acceptors (Lipinski definition) is 5. The summed E-state index contributed by atoms with van der Waals surface area (Å²) in [7, 11) is 0. The van der Waals surface area contributed by atoms with Crippen molar-refractivity contribution in [1.82, 2.24) is 14.9 Å². The highest BCUT2D eigenvalue weighted by molar-refractivity contribution is 6.30. The molecule has 1 aliphatic rings. The summed E-state index contributed by atoms with van der Waals surface area (Å²) in [6, 6.07) is 23.2. The second-order valence-corrected chi connectivity index (χ2v) is 8.75. The van der Waals surface area contributed by atoms with E-state index in [-0.39, 0.29) is 5.91 Å². The highest BCUT2D eigenvalue weighted by Crippen LogP contribution is 2.24. The van der Waals surface area contributed by atoms with Crippen molar-refractivity contribution in [3.05, 3.63) is 84.0 Å². The molecule has 0 spiro atoms. The van der Waals surface area contributed by atoms with Gasteiger partial charge in [-0.1, -0.05) is 23.7 Å². The van der Waals surface area contributed by atoms with Crippen LogP contribution in [0.2, 0.25) is 5.02 Å². The molecule has 0 aliphatic carbocycles. The van der Waals surface area contributed by atoms with E-state index in [0.29, 0.717) is 18.8 Å². The van der Waals surface area contributed by atoms with Crippen LogP contribution in [-0.2, 0) is 4.79 Å². The smallest absolute Gasteiger partial charge is 0.263 e. The minimum absolute atomic E-state index is 0.000212. The molecule has 0 unspecified atom stereocenters. The molecule has 5 rings (SSSR count). The lowest BCUT2D eigenvalue weighted by Crippen LogP contribution is -2.52. The zero-order valence-electron chi connectivity index (χ0n) is 18.9. The minimum Gasteiger partial charge on any atom is -0.481 e. The molecule has 172 valence electrons. The Morgan fingerprint density at radius 3 is 2.29 bits per heavy atom. The van der Waals surface area contributed by atoms with E-state index in [1.165, 1.54) is 0 Å². The third kappa shape index (κ3) is 4.82. The number of anilines is 1. The summed E-state index contributed by atoms with van der Waals surface area (Å²) in [5, 5.41) is 0.724. The van der Waals surface area contributed by atoms with Gasteiger partial charge in [0.2, 0.25) is 0 Å². The first-order chi connectivity index (χ1) is 16.6. The predicted molar refractivity (Wildman–Crippen MR) is 135 cm³/mol. The van der Waals surface area contributed by atoms with Gasteiger partial charge in [-0.15, -0.1) is 0 Å². The van der Waals surface area contributed by atoms with E-state index in [1.54, 1.807) is 13.1 Å². The summed E-state index contributed by atoms with van der Waals surface area (Å²) in [5.74, 6) is 0.651. The van der Waals surface area contributed by atoms with Gasteiger partial charge < -0.3 is 14.5 Å². The average Bonchev–Trinajstić information content (AvgIpc) is 2.89. The number of hydrogen-bond donors (Lipinski definition) is 0. The number of halogens is 1. The fourth-order valence-electron chi connectivity index (χ4n) is 4.15. The Balaban J connectivity index is 1.18. The second-order valence-electron chi connectivity index (χ2n) is 8.32. The Morgan fingerprint density at radius 2 is 1.59 bits per heavy atom. The zero-order chi connectivity index (χ0) is 23.5. The average molecular weight is 473 g/mol. The molecule has 2 heterocycles. The summed E-state index contributed by atoms with van der Waals surface area (Å²) in [5.41, 5.74) is 4.59. The highest BCUT2D eigenvalue weighted by Gasteiger charge is 2.26. The molecule has 1 fully saturated rings. The molecular formula is C27H25ClN4O2. The largest absolute Gasteiger partial charge is 0.481 e. The molecule has 0 N–H and O–H groups in total. The van der Waals surface area contributed by atoms with E-state index >= 15 is 0 Å².